The van der Waals surface area contributed by atoms with Crippen LogP contribution in [0.4, 0.5) is 11.4 Å². The third-order valence-corrected chi connectivity index (χ3v) is 2.19. The molecule has 0 radical (unpaired) electrons. The van der Waals surface area contributed by atoms with Crippen molar-refractivity contribution < 1.29 is 0 Å². The highest BCUT2D eigenvalue weighted by Crippen LogP contribution is 2.19. The molecule has 0 unspecified atom stereocenters. The molecule has 0 heterocycles. The molecule has 4 nitrogen and oxygen atoms in total. The van der Waals surface area contributed by atoms with Gasteiger partial charge in [0.15, 0.2) is 0 Å². The van der Waals surface area contributed by atoms with Gasteiger partial charge >= 0.3 is 0 Å². The highest BCUT2D eigenvalue weighted by atomic mass is 15.1. The van der Waals surface area contributed by atoms with Crippen molar-refractivity contribution in [1.29, 1.82) is 5.26 Å². The fourth-order valence-corrected chi connectivity index (χ4v) is 1.40. The monoisotopic (exact) mass is 202 g/mol. The first-order valence-electron chi connectivity index (χ1n) is 4.96. The van der Waals surface area contributed by atoms with Crippen molar-refractivity contribution in [2.75, 3.05) is 18.0 Å². The van der Waals surface area contributed by atoms with Crippen molar-refractivity contribution >= 4 is 11.4 Å². The van der Waals surface area contributed by atoms with Gasteiger partial charge in [-0.25, -0.2) is 0 Å². The van der Waals surface area contributed by atoms with Gasteiger partial charge in [-0.15, -0.1) is 5.11 Å². The zero-order chi connectivity index (χ0) is 11.1. The Morgan fingerprint density at radius 2 is 1.80 bits per heavy atom. The van der Waals surface area contributed by atoms with Crippen LogP contribution in [0.25, 0.3) is 0 Å². The molecule has 0 aliphatic heterocycles. The normalized spacial score (nSPS) is 10.2. The van der Waals surface area contributed by atoms with Crippen LogP contribution in [0.2, 0.25) is 0 Å². The topological polar surface area (TPSA) is 51.8 Å². The van der Waals surface area contributed by atoms with Crippen LogP contribution in [0, 0.1) is 11.5 Å². The molecule has 4 heteroatoms. The minimum absolute atomic E-state index is 0.701. The lowest BCUT2D eigenvalue weighted by atomic mass is 10.2. The van der Waals surface area contributed by atoms with Gasteiger partial charge in [-0.1, -0.05) is 5.11 Å². The summed E-state index contributed by atoms with van der Waals surface area (Å²) >= 11 is 0. The third-order valence-electron chi connectivity index (χ3n) is 2.19. The first-order chi connectivity index (χ1) is 7.31. The number of azo groups is 1. The van der Waals surface area contributed by atoms with Crippen molar-refractivity contribution in [2.24, 2.45) is 10.2 Å². The van der Waals surface area contributed by atoms with E-state index in [1.54, 1.807) is 6.19 Å². The molecule has 0 aliphatic rings. The fraction of sp³-hybridized carbons (Fsp3) is 0.364. The first-order valence-corrected chi connectivity index (χ1v) is 4.96. The summed E-state index contributed by atoms with van der Waals surface area (Å²) in [5, 5.41) is 15.2. The zero-order valence-electron chi connectivity index (χ0n) is 9.01. The summed E-state index contributed by atoms with van der Waals surface area (Å²) < 4.78 is 0. The zero-order valence-corrected chi connectivity index (χ0v) is 9.01. The standard InChI is InChI=1S/C11H14N4/c1-3-15(4-2)11-7-5-10(6-8-11)14-13-9-12/h5-8H,3-4H2,1-2H3. The minimum Gasteiger partial charge on any atom is -0.372 e. The van der Waals surface area contributed by atoms with Crippen LogP contribution in [0.5, 0.6) is 0 Å². The molecule has 0 saturated heterocycles. The summed E-state index contributed by atoms with van der Waals surface area (Å²) in [5.41, 5.74) is 1.86. The number of nitriles is 1. The van der Waals surface area contributed by atoms with Crippen molar-refractivity contribution in [2.45, 2.75) is 13.8 Å². The Hall–Kier alpha value is -1.89. The van der Waals surface area contributed by atoms with Crippen LogP contribution in [0.15, 0.2) is 34.5 Å². The number of hydrogen-bond acceptors (Lipinski definition) is 4. The molecule has 0 fully saturated rings. The van der Waals surface area contributed by atoms with Crippen LogP contribution < -0.4 is 4.90 Å². The van der Waals surface area contributed by atoms with Crippen LogP contribution in [0.1, 0.15) is 13.8 Å². The molecule has 0 aliphatic carbocycles. The van der Waals surface area contributed by atoms with E-state index >= 15 is 0 Å². The van der Waals surface area contributed by atoms with Crippen molar-refractivity contribution in [3.05, 3.63) is 24.3 Å². The van der Waals surface area contributed by atoms with E-state index in [0.717, 1.165) is 18.8 Å². The Bertz CT molecular complexity index is 357. The second-order valence-electron chi connectivity index (χ2n) is 2.99. The number of benzene rings is 1. The Kier molecular flexibility index (Phi) is 4.30. The number of rotatable bonds is 4. The highest BCUT2D eigenvalue weighted by Gasteiger charge is 2.00. The molecule has 0 amide bonds. The van der Waals surface area contributed by atoms with Gasteiger partial charge in [0.2, 0.25) is 6.19 Å². The molecular formula is C11H14N4. The van der Waals surface area contributed by atoms with E-state index in [-0.39, 0.29) is 0 Å². The van der Waals surface area contributed by atoms with E-state index in [0.29, 0.717) is 5.69 Å². The Balaban J connectivity index is 2.80. The summed E-state index contributed by atoms with van der Waals surface area (Å²) in [5.74, 6) is 0. The second kappa shape index (κ2) is 5.76. The van der Waals surface area contributed by atoms with E-state index < -0.39 is 0 Å². The summed E-state index contributed by atoms with van der Waals surface area (Å²) in [7, 11) is 0. The largest absolute Gasteiger partial charge is 0.372 e. The Morgan fingerprint density at radius 1 is 1.20 bits per heavy atom. The van der Waals surface area contributed by atoms with Crippen LogP contribution in [0.3, 0.4) is 0 Å². The maximum Gasteiger partial charge on any atom is 0.226 e. The van der Waals surface area contributed by atoms with Gasteiger partial charge in [-0.2, -0.15) is 5.26 Å². The summed E-state index contributed by atoms with van der Waals surface area (Å²) in [6.45, 7) is 6.20. The lowest BCUT2D eigenvalue weighted by Gasteiger charge is -2.20. The van der Waals surface area contributed by atoms with E-state index in [9.17, 15) is 0 Å². The predicted molar refractivity (Wildman–Crippen MR) is 60.1 cm³/mol. The molecule has 0 atom stereocenters. The van der Waals surface area contributed by atoms with Gasteiger partial charge in [0.25, 0.3) is 0 Å². The maximum absolute atomic E-state index is 8.23. The smallest absolute Gasteiger partial charge is 0.226 e. The minimum atomic E-state index is 0.701. The first kappa shape index (κ1) is 11.2. The molecule has 0 bridgehead atoms. The van der Waals surface area contributed by atoms with Crippen LogP contribution in [-0.4, -0.2) is 13.1 Å². The van der Waals surface area contributed by atoms with E-state index in [1.807, 2.05) is 24.3 Å². The fourth-order valence-electron chi connectivity index (χ4n) is 1.40. The quantitative estimate of drug-likeness (QED) is 0.556. The van der Waals surface area contributed by atoms with Gasteiger partial charge < -0.3 is 4.90 Å². The summed E-state index contributed by atoms with van der Waals surface area (Å²) in [6.07, 6.45) is 1.62. The second-order valence-corrected chi connectivity index (χ2v) is 2.99. The third kappa shape index (κ3) is 3.06. The molecule has 15 heavy (non-hydrogen) atoms. The van der Waals surface area contributed by atoms with Crippen LogP contribution in [-0.2, 0) is 0 Å². The molecule has 0 spiro atoms. The molecule has 0 aromatic heterocycles. The maximum atomic E-state index is 8.23. The lowest BCUT2D eigenvalue weighted by molar-refractivity contribution is 0.866. The number of hydrogen-bond donors (Lipinski definition) is 0. The molecule has 1 rings (SSSR count). The molecule has 78 valence electrons. The highest BCUT2D eigenvalue weighted by molar-refractivity contribution is 5.52. The molecule has 1 aromatic carbocycles. The Labute approximate surface area is 89.9 Å². The average molecular weight is 202 g/mol. The van der Waals surface area contributed by atoms with Gasteiger partial charge in [-0.3, -0.25) is 0 Å². The summed E-state index contributed by atoms with van der Waals surface area (Å²) in [4.78, 5) is 2.24. The van der Waals surface area contributed by atoms with E-state index in [1.165, 1.54) is 0 Å². The lowest BCUT2D eigenvalue weighted by Crippen LogP contribution is -2.21. The average Bonchev–Trinajstić information content (AvgIpc) is 2.29. The van der Waals surface area contributed by atoms with Crippen molar-refractivity contribution in [1.82, 2.24) is 0 Å². The number of anilines is 1. The molecule has 0 N–H and O–H groups in total. The van der Waals surface area contributed by atoms with E-state index in [4.69, 9.17) is 5.26 Å². The van der Waals surface area contributed by atoms with Crippen molar-refractivity contribution in [3.8, 4) is 6.19 Å². The predicted octanol–water partition coefficient (Wildman–Crippen LogP) is 3.10. The Morgan fingerprint density at radius 3 is 2.27 bits per heavy atom. The van der Waals surface area contributed by atoms with Gasteiger partial charge in [0.1, 0.15) is 0 Å². The number of nitrogens with zero attached hydrogens (tertiary/aromatic N) is 4. The van der Waals surface area contributed by atoms with Gasteiger partial charge in [0.05, 0.1) is 5.69 Å². The summed E-state index contributed by atoms with van der Waals surface area (Å²) in [6, 6.07) is 7.68. The SMILES string of the molecule is CCN(CC)c1ccc(N=NC#N)cc1. The molecule has 1 aromatic rings. The van der Waals surface area contributed by atoms with E-state index in [2.05, 4.69) is 29.0 Å². The van der Waals surface area contributed by atoms with Crippen LogP contribution >= 0.6 is 0 Å². The van der Waals surface area contributed by atoms with Crippen molar-refractivity contribution in [3.63, 3.8) is 0 Å². The molecular weight excluding hydrogens is 188 g/mol. The van der Waals surface area contributed by atoms with Gasteiger partial charge in [0, 0.05) is 18.8 Å². The molecule has 0 saturated carbocycles. The van der Waals surface area contributed by atoms with Gasteiger partial charge in [-0.05, 0) is 38.1 Å².